The maximum absolute atomic E-state index is 12.9. The van der Waals surface area contributed by atoms with E-state index in [9.17, 15) is 4.79 Å². The van der Waals surface area contributed by atoms with Crippen molar-refractivity contribution in [3.05, 3.63) is 48.2 Å². The Labute approximate surface area is 154 Å². The minimum absolute atomic E-state index is 0.130. The van der Waals surface area contributed by atoms with E-state index in [-0.39, 0.29) is 12.0 Å². The van der Waals surface area contributed by atoms with Crippen molar-refractivity contribution in [3.63, 3.8) is 0 Å². The number of fused-ring (bicyclic) bond motifs is 1. The highest BCUT2D eigenvalue weighted by Crippen LogP contribution is 2.35. The molecule has 0 aliphatic carbocycles. The molecule has 3 atom stereocenters. The largest absolute Gasteiger partial charge is 0.468 e. The van der Waals surface area contributed by atoms with Crippen LogP contribution in [0.1, 0.15) is 22.7 Å². The number of piperidine rings is 1. The molecule has 0 N–H and O–H groups in total. The summed E-state index contributed by atoms with van der Waals surface area (Å²) >= 11 is 0. The van der Waals surface area contributed by atoms with E-state index < -0.39 is 0 Å². The summed E-state index contributed by atoms with van der Waals surface area (Å²) in [4.78, 5) is 17.1. The number of hydrogen-bond acceptors (Lipinski definition) is 4. The molecule has 2 aromatic rings. The Hall–Kier alpha value is -2.05. The van der Waals surface area contributed by atoms with Crippen LogP contribution in [0.2, 0.25) is 0 Å². The molecule has 0 aromatic carbocycles. The van der Waals surface area contributed by atoms with Crippen molar-refractivity contribution < 1.29 is 13.9 Å². The third-order valence-corrected chi connectivity index (χ3v) is 5.76. The Balaban J connectivity index is 1.39. The lowest BCUT2D eigenvalue weighted by Crippen LogP contribution is -2.47. The van der Waals surface area contributed by atoms with E-state index in [0.29, 0.717) is 11.8 Å². The number of aryl methyl sites for hydroxylation is 1. The second-order valence-electron chi connectivity index (χ2n) is 7.62. The van der Waals surface area contributed by atoms with Crippen LogP contribution in [-0.4, -0.2) is 59.7 Å². The molecule has 0 radical (unpaired) electrons. The van der Waals surface area contributed by atoms with Gasteiger partial charge < -0.3 is 18.6 Å². The first kappa shape index (κ1) is 17.4. The zero-order valence-corrected chi connectivity index (χ0v) is 15.5. The first-order valence-corrected chi connectivity index (χ1v) is 9.35. The SMILES string of the molecule is CN(Cc1ccco1)C[C@H]1OC[C@@H]2CCN(C(=O)c3cccn3C)C[C@@H]21. The van der Waals surface area contributed by atoms with Gasteiger partial charge in [-0.05, 0) is 43.7 Å². The number of amides is 1. The summed E-state index contributed by atoms with van der Waals surface area (Å²) in [6, 6.07) is 7.73. The molecule has 2 fully saturated rings. The van der Waals surface area contributed by atoms with E-state index in [1.807, 2.05) is 47.0 Å². The highest BCUT2D eigenvalue weighted by molar-refractivity contribution is 5.92. The maximum atomic E-state index is 12.9. The second-order valence-corrected chi connectivity index (χ2v) is 7.62. The Bertz CT molecular complexity index is 739. The molecule has 4 rings (SSSR count). The number of aromatic nitrogens is 1. The van der Waals surface area contributed by atoms with Crippen LogP contribution in [-0.2, 0) is 18.3 Å². The van der Waals surface area contributed by atoms with Crippen LogP contribution in [0.25, 0.3) is 0 Å². The van der Waals surface area contributed by atoms with Gasteiger partial charge in [-0.3, -0.25) is 9.69 Å². The molecule has 0 unspecified atom stereocenters. The van der Waals surface area contributed by atoms with Crippen LogP contribution in [0.5, 0.6) is 0 Å². The number of furan rings is 1. The van der Waals surface area contributed by atoms with Crippen molar-refractivity contribution >= 4 is 5.91 Å². The number of likely N-dealkylation sites (tertiary alicyclic amines) is 1. The highest BCUT2D eigenvalue weighted by Gasteiger charge is 2.42. The molecule has 0 bridgehead atoms. The summed E-state index contributed by atoms with van der Waals surface area (Å²) in [6.45, 7) is 4.05. The van der Waals surface area contributed by atoms with Gasteiger partial charge in [0.2, 0.25) is 0 Å². The minimum atomic E-state index is 0.130. The monoisotopic (exact) mass is 357 g/mol. The summed E-state index contributed by atoms with van der Waals surface area (Å²) in [5.74, 6) is 2.07. The number of ether oxygens (including phenoxy) is 1. The van der Waals surface area contributed by atoms with E-state index in [1.54, 1.807) is 6.26 Å². The van der Waals surface area contributed by atoms with Gasteiger partial charge in [0.25, 0.3) is 5.91 Å². The Kier molecular flexibility index (Phi) is 4.87. The smallest absolute Gasteiger partial charge is 0.270 e. The summed E-state index contributed by atoms with van der Waals surface area (Å²) < 4.78 is 13.5. The standard InChI is InChI=1S/C20H27N3O3/c1-21(11-16-5-4-10-25-16)13-19-17-12-23(9-7-15(17)14-26-19)20(24)18-6-3-8-22(18)2/h3-6,8,10,15,17,19H,7,9,11-14H2,1-2H3/t15-,17-,19+/m0/s1. The predicted octanol–water partition coefficient (Wildman–Crippen LogP) is 2.23. The molecule has 6 nitrogen and oxygen atoms in total. The van der Waals surface area contributed by atoms with E-state index in [0.717, 1.165) is 50.7 Å². The van der Waals surface area contributed by atoms with E-state index in [2.05, 4.69) is 11.9 Å². The van der Waals surface area contributed by atoms with E-state index in [4.69, 9.17) is 9.15 Å². The summed E-state index contributed by atoms with van der Waals surface area (Å²) in [5, 5.41) is 0. The lowest BCUT2D eigenvalue weighted by molar-refractivity contribution is 0.0415. The van der Waals surface area contributed by atoms with Crippen molar-refractivity contribution in [1.82, 2.24) is 14.4 Å². The Morgan fingerprint density at radius 3 is 2.96 bits per heavy atom. The number of rotatable bonds is 5. The van der Waals surface area contributed by atoms with Crippen LogP contribution in [0.3, 0.4) is 0 Å². The molecule has 2 aromatic heterocycles. The first-order valence-electron chi connectivity index (χ1n) is 9.35. The van der Waals surface area contributed by atoms with Crippen LogP contribution < -0.4 is 0 Å². The fourth-order valence-corrected chi connectivity index (χ4v) is 4.29. The van der Waals surface area contributed by atoms with Gasteiger partial charge in [-0.1, -0.05) is 0 Å². The average Bonchev–Trinajstić information content (AvgIpc) is 3.36. The molecule has 6 heteroatoms. The first-order chi connectivity index (χ1) is 12.6. The molecule has 26 heavy (non-hydrogen) atoms. The number of likely N-dealkylation sites (N-methyl/N-ethyl adjacent to an activating group) is 1. The van der Waals surface area contributed by atoms with Gasteiger partial charge >= 0.3 is 0 Å². The quantitative estimate of drug-likeness (QED) is 0.823. The molecule has 2 saturated heterocycles. The van der Waals surface area contributed by atoms with Gasteiger partial charge in [-0.25, -0.2) is 0 Å². The van der Waals surface area contributed by atoms with Crippen LogP contribution in [0.4, 0.5) is 0 Å². The zero-order valence-electron chi connectivity index (χ0n) is 15.5. The average molecular weight is 357 g/mol. The van der Waals surface area contributed by atoms with Gasteiger partial charge in [-0.2, -0.15) is 0 Å². The Morgan fingerprint density at radius 2 is 2.23 bits per heavy atom. The lowest BCUT2D eigenvalue weighted by atomic mass is 9.84. The van der Waals surface area contributed by atoms with Gasteiger partial charge in [-0.15, -0.1) is 0 Å². The highest BCUT2D eigenvalue weighted by atomic mass is 16.5. The van der Waals surface area contributed by atoms with Gasteiger partial charge in [0.15, 0.2) is 0 Å². The summed E-state index contributed by atoms with van der Waals surface area (Å²) in [6.07, 6.45) is 4.83. The van der Waals surface area contributed by atoms with Crippen molar-refractivity contribution in [2.75, 3.05) is 33.3 Å². The van der Waals surface area contributed by atoms with E-state index in [1.165, 1.54) is 0 Å². The third-order valence-electron chi connectivity index (χ3n) is 5.76. The maximum Gasteiger partial charge on any atom is 0.270 e. The van der Waals surface area contributed by atoms with Crippen molar-refractivity contribution in [3.8, 4) is 0 Å². The molecular formula is C20H27N3O3. The lowest BCUT2D eigenvalue weighted by Gasteiger charge is -2.36. The van der Waals surface area contributed by atoms with Gasteiger partial charge in [0, 0.05) is 38.8 Å². The van der Waals surface area contributed by atoms with Crippen LogP contribution >= 0.6 is 0 Å². The number of hydrogen-bond donors (Lipinski definition) is 0. The van der Waals surface area contributed by atoms with Crippen LogP contribution in [0, 0.1) is 11.8 Å². The summed E-state index contributed by atoms with van der Waals surface area (Å²) in [5.41, 5.74) is 0.758. The zero-order chi connectivity index (χ0) is 18.1. The van der Waals surface area contributed by atoms with Gasteiger partial charge in [0.05, 0.1) is 25.5 Å². The normalized spacial score (nSPS) is 25.7. The topological polar surface area (TPSA) is 50.9 Å². The number of nitrogens with zero attached hydrogens (tertiary/aromatic N) is 3. The second kappa shape index (κ2) is 7.29. The molecule has 0 spiro atoms. The van der Waals surface area contributed by atoms with Crippen molar-refractivity contribution in [2.45, 2.75) is 19.1 Å². The Morgan fingerprint density at radius 1 is 1.35 bits per heavy atom. The number of carbonyl (C=O) groups excluding carboxylic acids is 1. The van der Waals surface area contributed by atoms with Crippen molar-refractivity contribution in [1.29, 1.82) is 0 Å². The molecule has 2 aliphatic rings. The van der Waals surface area contributed by atoms with Gasteiger partial charge in [0.1, 0.15) is 11.5 Å². The minimum Gasteiger partial charge on any atom is -0.468 e. The molecular weight excluding hydrogens is 330 g/mol. The molecule has 140 valence electrons. The molecule has 2 aliphatic heterocycles. The molecule has 4 heterocycles. The third kappa shape index (κ3) is 3.44. The van der Waals surface area contributed by atoms with E-state index >= 15 is 0 Å². The van der Waals surface area contributed by atoms with Crippen LogP contribution in [0.15, 0.2) is 41.1 Å². The summed E-state index contributed by atoms with van der Waals surface area (Å²) in [7, 11) is 4.01. The number of carbonyl (C=O) groups is 1. The predicted molar refractivity (Wildman–Crippen MR) is 97.7 cm³/mol. The van der Waals surface area contributed by atoms with Crippen molar-refractivity contribution in [2.24, 2.45) is 18.9 Å². The molecule has 0 saturated carbocycles. The fraction of sp³-hybridized carbons (Fsp3) is 0.550. The molecule has 1 amide bonds. The fourth-order valence-electron chi connectivity index (χ4n) is 4.29.